The zero-order valence-corrected chi connectivity index (χ0v) is 11.2. The molecule has 0 amide bonds. The van der Waals surface area contributed by atoms with Gasteiger partial charge in [-0.25, -0.2) is 9.97 Å². The molecule has 1 aliphatic heterocycles. The smallest absolute Gasteiger partial charge is 0.231 e. The van der Waals surface area contributed by atoms with Crippen LogP contribution in [0.2, 0.25) is 0 Å². The monoisotopic (exact) mass is 283 g/mol. The molecule has 0 saturated heterocycles. The van der Waals surface area contributed by atoms with E-state index in [0.29, 0.717) is 6.79 Å². The first-order chi connectivity index (χ1) is 10.4. The molecule has 3 heterocycles. The van der Waals surface area contributed by atoms with Crippen LogP contribution < -0.4 is 14.8 Å². The molecule has 7 nitrogen and oxygen atoms in total. The van der Waals surface area contributed by atoms with E-state index in [9.17, 15) is 0 Å². The Labute approximate surface area is 120 Å². The summed E-state index contributed by atoms with van der Waals surface area (Å²) in [6, 6.07) is 6.00. The van der Waals surface area contributed by atoms with Crippen molar-refractivity contribution in [3.8, 4) is 11.5 Å². The van der Waals surface area contributed by atoms with Gasteiger partial charge in [-0.15, -0.1) is 0 Å². The lowest BCUT2D eigenvalue weighted by Crippen LogP contribution is -2.06. The first-order valence-corrected chi connectivity index (χ1v) is 6.66. The van der Waals surface area contributed by atoms with Crippen molar-refractivity contribution in [1.82, 2.24) is 20.2 Å². The maximum atomic E-state index is 5.38. The Morgan fingerprint density at radius 2 is 2.14 bits per heavy atom. The Morgan fingerprint density at radius 1 is 1.19 bits per heavy atom. The molecular formula is C14H13N5O2. The summed E-state index contributed by atoms with van der Waals surface area (Å²) in [6.45, 7) is 1.06. The van der Waals surface area contributed by atoms with Gasteiger partial charge in [0.2, 0.25) is 6.79 Å². The fourth-order valence-electron chi connectivity index (χ4n) is 2.33. The lowest BCUT2D eigenvalue weighted by molar-refractivity contribution is 0.174. The van der Waals surface area contributed by atoms with Crippen molar-refractivity contribution in [2.24, 2.45) is 0 Å². The zero-order valence-electron chi connectivity index (χ0n) is 11.2. The van der Waals surface area contributed by atoms with Gasteiger partial charge >= 0.3 is 0 Å². The molecule has 0 fully saturated rings. The predicted molar refractivity (Wildman–Crippen MR) is 76.4 cm³/mol. The average molecular weight is 283 g/mol. The van der Waals surface area contributed by atoms with Gasteiger partial charge in [0.25, 0.3) is 0 Å². The third kappa shape index (κ3) is 2.22. The molecule has 1 aromatic carbocycles. The molecule has 0 radical (unpaired) electrons. The topological polar surface area (TPSA) is 85.0 Å². The minimum Gasteiger partial charge on any atom is -0.454 e. The zero-order chi connectivity index (χ0) is 14.1. The summed E-state index contributed by atoms with van der Waals surface area (Å²) in [5, 5.41) is 11.0. The maximum absolute atomic E-state index is 5.38. The largest absolute Gasteiger partial charge is 0.454 e. The molecule has 0 aliphatic carbocycles. The summed E-state index contributed by atoms with van der Waals surface area (Å²) in [7, 11) is 0. The number of anilines is 1. The van der Waals surface area contributed by atoms with Gasteiger partial charge in [-0.3, -0.25) is 5.10 Å². The second kappa shape index (κ2) is 4.93. The van der Waals surface area contributed by atoms with Crippen molar-refractivity contribution >= 4 is 16.9 Å². The number of benzene rings is 1. The number of rotatable bonds is 4. The number of hydrogen-bond donors (Lipinski definition) is 2. The summed E-state index contributed by atoms with van der Waals surface area (Å²) in [5.74, 6) is 2.41. The minimum absolute atomic E-state index is 0.302. The Bertz CT molecular complexity index is 786. The third-order valence-electron chi connectivity index (χ3n) is 3.39. The number of hydrogen-bond acceptors (Lipinski definition) is 6. The standard InChI is InChI=1S/C14H13N5O2/c1-2-11-12(21-8-20-11)5-9(1)3-4-15-13-10-6-18-19-14(10)17-7-16-13/h1-2,5-7H,3-4,8H2,(H2,15,16,17,18,19). The third-order valence-corrected chi connectivity index (χ3v) is 3.39. The van der Waals surface area contributed by atoms with Crippen LogP contribution in [0.1, 0.15) is 5.56 Å². The van der Waals surface area contributed by atoms with Crippen molar-refractivity contribution in [2.45, 2.75) is 6.42 Å². The highest BCUT2D eigenvalue weighted by Gasteiger charge is 2.13. The maximum Gasteiger partial charge on any atom is 0.231 e. The van der Waals surface area contributed by atoms with E-state index < -0.39 is 0 Å². The second-order valence-corrected chi connectivity index (χ2v) is 4.72. The number of aromatic nitrogens is 4. The van der Waals surface area contributed by atoms with E-state index in [2.05, 4.69) is 25.5 Å². The molecule has 21 heavy (non-hydrogen) atoms. The van der Waals surface area contributed by atoms with Gasteiger partial charge in [-0.1, -0.05) is 6.07 Å². The highest BCUT2D eigenvalue weighted by Crippen LogP contribution is 2.32. The molecule has 2 N–H and O–H groups in total. The van der Waals surface area contributed by atoms with Gasteiger partial charge in [0, 0.05) is 6.54 Å². The number of nitrogens with zero attached hydrogens (tertiary/aromatic N) is 3. The molecule has 3 aromatic rings. The molecule has 4 rings (SSSR count). The molecule has 0 spiro atoms. The Kier molecular flexibility index (Phi) is 2.81. The number of nitrogens with one attached hydrogen (secondary N) is 2. The molecule has 0 unspecified atom stereocenters. The lowest BCUT2D eigenvalue weighted by atomic mass is 10.1. The quantitative estimate of drug-likeness (QED) is 0.758. The molecule has 0 bridgehead atoms. The molecule has 7 heteroatoms. The van der Waals surface area contributed by atoms with E-state index in [1.807, 2.05) is 18.2 Å². The van der Waals surface area contributed by atoms with E-state index in [1.165, 1.54) is 11.9 Å². The lowest BCUT2D eigenvalue weighted by Gasteiger charge is -2.06. The number of H-pyrrole nitrogens is 1. The van der Waals surface area contributed by atoms with E-state index in [4.69, 9.17) is 9.47 Å². The van der Waals surface area contributed by atoms with E-state index in [1.54, 1.807) is 6.20 Å². The summed E-state index contributed by atoms with van der Waals surface area (Å²) in [4.78, 5) is 8.35. The Balaban J connectivity index is 1.44. The SMILES string of the molecule is c1nc(NCCc2ccc3c(c2)OCO3)c2cn[nH]c2n1. The summed E-state index contributed by atoms with van der Waals surface area (Å²) >= 11 is 0. The van der Waals surface area contributed by atoms with Gasteiger partial charge in [-0.05, 0) is 24.1 Å². The Hall–Kier alpha value is -2.83. The van der Waals surface area contributed by atoms with Crippen LogP contribution in [-0.2, 0) is 6.42 Å². The first kappa shape index (κ1) is 12.0. The fourth-order valence-corrected chi connectivity index (χ4v) is 2.33. The van der Waals surface area contributed by atoms with Gasteiger partial charge in [0.1, 0.15) is 12.1 Å². The molecular weight excluding hydrogens is 270 g/mol. The van der Waals surface area contributed by atoms with Crippen LogP contribution >= 0.6 is 0 Å². The van der Waals surface area contributed by atoms with Gasteiger partial charge in [0.15, 0.2) is 17.1 Å². The normalized spacial score (nSPS) is 12.8. The first-order valence-electron chi connectivity index (χ1n) is 6.66. The fraction of sp³-hybridized carbons (Fsp3) is 0.214. The van der Waals surface area contributed by atoms with E-state index in [0.717, 1.165) is 41.3 Å². The molecule has 0 saturated carbocycles. The van der Waals surface area contributed by atoms with Crippen molar-refractivity contribution < 1.29 is 9.47 Å². The van der Waals surface area contributed by atoms with Crippen molar-refractivity contribution in [3.63, 3.8) is 0 Å². The summed E-state index contributed by atoms with van der Waals surface area (Å²) < 4.78 is 10.7. The average Bonchev–Trinajstić information content (AvgIpc) is 3.15. The number of fused-ring (bicyclic) bond motifs is 2. The van der Waals surface area contributed by atoms with E-state index >= 15 is 0 Å². The highest BCUT2D eigenvalue weighted by atomic mass is 16.7. The van der Waals surface area contributed by atoms with Crippen LogP contribution in [0.15, 0.2) is 30.7 Å². The van der Waals surface area contributed by atoms with Crippen LogP contribution in [0.25, 0.3) is 11.0 Å². The van der Waals surface area contributed by atoms with E-state index in [-0.39, 0.29) is 0 Å². The van der Waals surface area contributed by atoms with Crippen LogP contribution in [-0.4, -0.2) is 33.5 Å². The molecule has 0 atom stereocenters. The molecule has 2 aromatic heterocycles. The molecule has 106 valence electrons. The second-order valence-electron chi connectivity index (χ2n) is 4.72. The van der Waals surface area contributed by atoms with Crippen LogP contribution in [0.5, 0.6) is 11.5 Å². The predicted octanol–water partition coefficient (Wildman–Crippen LogP) is 1.74. The van der Waals surface area contributed by atoms with Crippen molar-refractivity contribution in [2.75, 3.05) is 18.7 Å². The van der Waals surface area contributed by atoms with Crippen molar-refractivity contribution in [3.05, 3.63) is 36.3 Å². The van der Waals surface area contributed by atoms with Crippen LogP contribution in [0.3, 0.4) is 0 Å². The number of ether oxygens (including phenoxy) is 2. The van der Waals surface area contributed by atoms with Gasteiger partial charge in [-0.2, -0.15) is 5.10 Å². The Morgan fingerprint density at radius 3 is 3.14 bits per heavy atom. The van der Waals surface area contributed by atoms with Gasteiger partial charge < -0.3 is 14.8 Å². The summed E-state index contributed by atoms with van der Waals surface area (Å²) in [5.41, 5.74) is 1.92. The number of aromatic amines is 1. The van der Waals surface area contributed by atoms with Crippen LogP contribution in [0, 0.1) is 0 Å². The summed E-state index contributed by atoms with van der Waals surface area (Å²) in [6.07, 6.45) is 4.10. The van der Waals surface area contributed by atoms with Crippen LogP contribution in [0.4, 0.5) is 5.82 Å². The highest BCUT2D eigenvalue weighted by molar-refractivity contribution is 5.85. The van der Waals surface area contributed by atoms with Gasteiger partial charge in [0.05, 0.1) is 11.6 Å². The molecule has 1 aliphatic rings. The minimum atomic E-state index is 0.302. The van der Waals surface area contributed by atoms with Crippen molar-refractivity contribution in [1.29, 1.82) is 0 Å².